The summed E-state index contributed by atoms with van der Waals surface area (Å²) in [6, 6.07) is 1.29. The number of nitro groups is 1. The van der Waals surface area contributed by atoms with Crippen LogP contribution < -0.4 is 5.32 Å². The SMILES string of the molecule is Cc1nc(N[C@H](C)c2cc([N+](=O)[O-])cc(C(F)(F)F)c2)c2cc(S(=O)(=O)C(F)(F)F)c(Cl)nc2n1. The molecule has 188 valence electrons. The van der Waals surface area contributed by atoms with Crippen molar-refractivity contribution in [1.82, 2.24) is 15.0 Å². The quantitative estimate of drug-likeness (QED) is 0.197. The molecule has 1 aromatic carbocycles. The van der Waals surface area contributed by atoms with Gasteiger partial charge in [-0.1, -0.05) is 11.6 Å². The van der Waals surface area contributed by atoms with Gasteiger partial charge in [-0.05, 0) is 31.5 Å². The van der Waals surface area contributed by atoms with E-state index in [9.17, 15) is 44.9 Å². The lowest BCUT2D eigenvalue weighted by molar-refractivity contribution is -0.385. The zero-order chi connectivity index (χ0) is 26.5. The number of benzene rings is 1. The van der Waals surface area contributed by atoms with Crippen molar-refractivity contribution in [3.8, 4) is 0 Å². The number of pyridine rings is 1. The van der Waals surface area contributed by atoms with E-state index in [1.54, 1.807) is 0 Å². The molecule has 2 aromatic heterocycles. The number of sulfone groups is 1. The molecule has 3 aromatic rings. The van der Waals surface area contributed by atoms with Gasteiger partial charge in [0.2, 0.25) is 0 Å². The average Bonchev–Trinajstić information content (AvgIpc) is 2.71. The number of nitrogens with zero attached hydrogens (tertiary/aromatic N) is 4. The van der Waals surface area contributed by atoms with Crippen molar-refractivity contribution in [2.45, 2.75) is 36.5 Å². The van der Waals surface area contributed by atoms with Gasteiger partial charge in [-0.2, -0.15) is 26.3 Å². The van der Waals surface area contributed by atoms with Gasteiger partial charge in [0.25, 0.3) is 15.5 Å². The monoisotopic (exact) mass is 543 g/mol. The summed E-state index contributed by atoms with van der Waals surface area (Å²) in [5.74, 6) is -0.278. The van der Waals surface area contributed by atoms with E-state index in [-0.39, 0.29) is 28.2 Å². The van der Waals surface area contributed by atoms with Crippen LogP contribution in [-0.2, 0) is 16.0 Å². The summed E-state index contributed by atoms with van der Waals surface area (Å²) in [7, 11) is -5.92. The van der Waals surface area contributed by atoms with E-state index in [2.05, 4.69) is 20.3 Å². The standard InChI is InChI=1S/C18H12ClF6N5O4S/c1-7(9-3-10(17(20,21)22)5-11(4-9)30(31)32)26-15-12-6-13(35(33,34)18(23,24)25)14(19)29-16(12)28-8(2)27-15/h3-7H,1-2H3,(H,26,27,28,29)/t7-/m1/s1. The first-order valence-corrected chi connectivity index (χ1v) is 11.1. The molecule has 0 unspecified atom stereocenters. The van der Waals surface area contributed by atoms with Crippen LogP contribution in [0.15, 0.2) is 29.2 Å². The molecule has 9 nitrogen and oxygen atoms in total. The molecule has 35 heavy (non-hydrogen) atoms. The first kappa shape index (κ1) is 26.3. The highest BCUT2D eigenvalue weighted by atomic mass is 35.5. The number of nitrogens with one attached hydrogen (secondary N) is 1. The summed E-state index contributed by atoms with van der Waals surface area (Å²) in [6.07, 6.45) is -4.90. The molecule has 0 saturated carbocycles. The number of aromatic nitrogens is 3. The van der Waals surface area contributed by atoms with Crippen molar-refractivity contribution in [2.75, 3.05) is 5.32 Å². The van der Waals surface area contributed by atoms with E-state index in [0.717, 1.165) is 6.07 Å². The highest BCUT2D eigenvalue weighted by Crippen LogP contribution is 2.38. The fourth-order valence-electron chi connectivity index (χ4n) is 2.99. The number of aryl methyl sites for hydroxylation is 1. The van der Waals surface area contributed by atoms with E-state index in [4.69, 9.17) is 11.6 Å². The van der Waals surface area contributed by atoms with Gasteiger partial charge in [0, 0.05) is 12.1 Å². The predicted molar refractivity (Wildman–Crippen MR) is 110 cm³/mol. The topological polar surface area (TPSA) is 128 Å². The van der Waals surface area contributed by atoms with Crippen LogP contribution in [0, 0.1) is 17.0 Å². The molecule has 0 amide bonds. The first-order chi connectivity index (χ1) is 15.9. The summed E-state index contributed by atoms with van der Waals surface area (Å²) in [6.45, 7) is 2.67. The molecule has 1 N–H and O–H groups in total. The molecule has 0 aliphatic rings. The summed E-state index contributed by atoms with van der Waals surface area (Å²) < 4.78 is 103. The van der Waals surface area contributed by atoms with Crippen molar-refractivity contribution >= 4 is 44.0 Å². The third-order valence-corrected chi connectivity index (χ3v) is 6.55. The van der Waals surface area contributed by atoms with Crippen LogP contribution in [0.4, 0.5) is 37.8 Å². The first-order valence-electron chi connectivity index (χ1n) is 9.21. The van der Waals surface area contributed by atoms with Gasteiger partial charge in [0.15, 0.2) is 10.8 Å². The molecule has 0 aliphatic carbocycles. The van der Waals surface area contributed by atoms with Gasteiger partial charge in [-0.15, -0.1) is 0 Å². The Morgan fingerprint density at radius 3 is 2.23 bits per heavy atom. The number of halogens is 7. The van der Waals surface area contributed by atoms with Crippen molar-refractivity contribution < 1.29 is 39.7 Å². The van der Waals surface area contributed by atoms with Gasteiger partial charge in [0.1, 0.15) is 16.5 Å². The van der Waals surface area contributed by atoms with Crippen LogP contribution in [-0.4, -0.2) is 33.8 Å². The molecule has 0 aliphatic heterocycles. The fourth-order valence-corrected chi connectivity index (χ4v) is 4.22. The van der Waals surface area contributed by atoms with Crippen molar-refractivity contribution in [2.24, 2.45) is 0 Å². The molecule has 0 bridgehead atoms. The predicted octanol–water partition coefficient (Wildman–Crippen LogP) is 5.38. The van der Waals surface area contributed by atoms with Gasteiger partial charge in [-0.25, -0.2) is 23.4 Å². The molecule has 0 spiro atoms. The van der Waals surface area contributed by atoms with E-state index in [0.29, 0.717) is 18.2 Å². The number of fused-ring (bicyclic) bond motifs is 1. The summed E-state index contributed by atoms with van der Waals surface area (Å²) in [5, 5.41) is 12.4. The number of nitro benzene ring substituents is 1. The number of alkyl halides is 6. The maximum atomic E-state index is 13.2. The second kappa shape index (κ2) is 8.75. The average molecular weight is 544 g/mol. The minimum absolute atomic E-state index is 0.0113. The lowest BCUT2D eigenvalue weighted by Gasteiger charge is -2.18. The minimum atomic E-state index is -5.92. The molecule has 0 radical (unpaired) electrons. The van der Waals surface area contributed by atoms with Gasteiger partial charge >= 0.3 is 11.7 Å². The van der Waals surface area contributed by atoms with Crippen molar-refractivity contribution in [3.05, 3.63) is 56.5 Å². The number of anilines is 1. The maximum Gasteiger partial charge on any atom is 0.502 e. The molecule has 0 fully saturated rings. The Bertz CT molecular complexity index is 1450. The van der Waals surface area contributed by atoms with Crippen molar-refractivity contribution in [1.29, 1.82) is 0 Å². The normalized spacial score (nSPS) is 13.6. The third-order valence-electron chi connectivity index (χ3n) is 4.65. The zero-order valence-electron chi connectivity index (χ0n) is 17.4. The Morgan fingerprint density at radius 1 is 1.06 bits per heavy atom. The van der Waals surface area contributed by atoms with Crippen LogP contribution >= 0.6 is 11.6 Å². The molecular formula is C18H12ClF6N5O4S. The molecule has 1 atom stereocenters. The van der Waals surface area contributed by atoms with Gasteiger partial charge in [0.05, 0.1) is 21.9 Å². The summed E-state index contributed by atoms with van der Waals surface area (Å²) >= 11 is 5.67. The largest absolute Gasteiger partial charge is 0.502 e. The van der Waals surface area contributed by atoms with E-state index >= 15 is 0 Å². The molecule has 2 heterocycles. The maximum absolute atomic E-state index is 13.2. The molecule has 17 heteroatoms. The van der Waals surface area contributed by atoms with E-state index < -0.39 is 53.8 Å². The minimum Gasteiger partial charge on any atom is -0.363 e. The second-order valence-electron chi connectivity index (χ2n) is 7.15. The van der Waals surface area contributed by atoms with Gasteiger partial charge < -0.3 is 5.32 Å². The lowest BCUT2D eigenvalue weighted by Crippen LogP contribution is -2.24. The number of hydrogen-bond acceptors (Lipinski definition) is 8. The highest BCUT2D eigenvalue weighted by Gasteiger charge is 2.48. The van der Waals surface area contributed by atoms with Crippen LogP contribution in [0.25, 0.3) is 11.0 Å². The van der Waals surface area contributed by atoms with E-state index in [1.165, 1.54) is 13.8 Å². The zero-order valence-corrected chi connectivity index (χ0v) is 18.9. The number of hydrogen-bond donors (Lipinski definition) is 1. The van der Waals surface area contributed by atoms with E-state index in [1.807, 2.05) is 0 Å². The Balaban J connectivity index is 2.17. The van der Waals surface area contributed by atoms with Crippen LogP contribution in [0.3, 0.4) is 0 Å². The highest BCUT2D eigenvalue weighted by molar-refractivity contribution is 7.92. The third kappa shape index (κ3) is 5.22. The molecule has 3 rings (SSSR count). The number of rotatable bonds is 5. The smallest absolute Gasteiger partial charge is 0.363 e. The fraction of sp³-hybridized carbons (Fsp3) is 0.278. The Kier molecular flexibility index (Phi) is 6.58. The Labute approximate surface area is 197 Å². The summed E-state index contributed by atoms with van der Waals surface area (Å²) in [5.41, 5.74) is -8.35. The summed E-state index contributed by atoms with van der Waals surface area (Å²) in [4.78, 5) is 20.2. The Hall–Kier alpha value is -3.27. The van der Waals surface area contributed by atoms with Crippen LogP contribution in [0.5, 0.6) is 0 Å². The second-order valence-corrected chi connectivity index (χ2v) is 9.42. The molecule has 0 saturated heterocycles. The van der Waals surface area contributed by atoms with Crippen LogP contribution in [0.2, 0.25) is 5.15 Å². The van der Waals surface area contributed by atoms with Crippen LogP contribution in [0.1, 0.15) is 29.9 Å². The number of non-ortho nitro benzene ring substituents is 1. The lowest BCUT2D eigenvalue weighted by atomic mass is 10.0. The Morgan fingerprint density at radius 2 is 1.69 bits per heavy atom. The molecular weight excluding hydrogens is 532 g/mol. The van der Waals surface area contributed by atoms with Gasteiger partial charge in [-0.3, -0.25) is 10.1 Å². The van der Waals surface area contributed by atoms with Crippen molar-refractivity contribution in [3.63, 3.8) is 0 Å².